The van der Waals surface area contributed by atoms with E-state index in [0.717, 1.165) is 42.5 Å². The number of piperazine rings is 1. The second-order valence-electron chi connectivity index (χ2n) is 6.19. The molecule has 0 unspecified atom stereocenters. The predicted molar refractivity (Wildman–Crippen MR) is 106 cm³/mol. The molecular weight excluding hydrogens is 350 g/mol. The molecule has 0 bridgehead atoms. The monoisotopic (exact) mass is 371 g/mol. The summed E-state index contributed by atoms with van der Waals surface area (Å²) in [4.78, 5) is 20.1. The molecule has 0 spiro atoms. The van der Waals surface area contributed by atoms with Crippen LogP contribution in [0.25, 0.3) is 0 Å². The summed E-state index contributed by atoms with van der Waals surface area (Å²) < 4.78 is 0. The number of amides is 1. The van der Waals surface area contributed by atoms with E-state index in [4.69, 9.17) is 23.1 Å². The number of hydrogen-bond acceptors (Lipinski definition) is 3. The summed E-state index contributed by atoms with van der Waals surface area (Å²) in [5, 5.41) is 0.740. The zero-order valence-electron chi connectivity index (χ0n) is 14.4. The summed E-state index contributed by atoms with van der Waals surface area (Å²) in [5.41, 5.74) is 14.0. The minimum atomic E-state index is -0.442. The third-order valence-electron chi connectivity index (χ3n) is 4.43. The van der Waals surface area contributed by atoms with Crippen molar-refractivity contribution in [2.75, 3.05) is 31.1 Å². The highest BCUT2D eigenvalue weighted by molar-refractivity contribution is 6.30. The van der Waals surface area contributed by atoms with Crippen LogP contribution < -0.4 is 16.4 Å². The molecule has 136 valence electrons. The van der Waals surface area contributed by atoms with E-state index < -0.39 is 5.91 Å². The lowest BCUT2D eigenvalue weighted by Gasteiger charge is -2.36. The number of nitrogens with two attached hydrogens (primary N) is 2. The first-order chi connectivity index (χ1) is 12.5. The van der Waals surface area contributed by atoms with Crippen LogP contribution in [0.1, 0.15) is 15.9 Å². The highest BCUT2D eigenvalue weighted by Crippen LogP contribution is 2.19. The van der Waals surface area contributed by atoms with Crippen LogP contribution in [0.2, 0.25) is 5.02 Å². The molecule has 1 aliphatic rings. The largest absolute Gasteiger partial charge is 0.370 e. The lowest BCUT2D eigenvalue weighted by Crippen LogP contribution is -2.51. The van der Waals surface area contributed by atoms with Crippen molar-refractivity contribution in [3.05, 3.63) is 64.7 Å². The van der Waals surface area contributed by atoms with Gasteiger partial charge >= 0.3 is 0 Å². The van der Waals surface area contributed by atoms with Crippen molar-refractivity contribution >= 4 is 29.2 Å². The molecule has 7 heteroatoms. The quantitative estimate of drug-likeness (QED) is 0.636. The number of benzene rings is 2. The molecule has 4 N–H and O–H groups in total. The molecule has 0 saturated carbocycles. The SMILES string of the molecule is NC(=O)c1cccc(CN=C(N)N2CCN(c3ccc(Cl)cc3)CC2)c1. The van der Waals surface area contributed by atoms with Crippen molar-refractivity contribution in [3.8, 4) is 0 Å². The second kappa shape index (κ2) is 8.10. The average molecular weight is 372 g/mol. The van der Waals surface area contributed by atoms with Gasteiger partial charge in [-0.25, -0.2) is 4.99 Å². The first-order valence-electron chi connectivity index (χ1n) is 8.47. The number of carbonyl (C=O) groups excluding carboxylic acids is 1. The molecule has 6 nitrogen and oxygen atoms in total. The van der Waals surface area contributed by atoms with E-state index in [2.05, 4.69) is 14.8 Å². The summed E-state index contributed by atoms with van der Waals surface area (Å²) in [5.74, 6) is 0.0763. The lowest BCUT2D eigenvalue weighted by atomic mass is 10.1. The predicted octanol–water partition coefficient (Wildman–Crippen LogP) is 2.08. The Bertz CT molecular complexity index is 798. The highest BCUT2D eigenvalue weighted by Gasteiger charge is 2.18. The number of rotatable bonds is 4. The van der Waals surface area contributed by atoms with E-state index in [9.17, 15) is 4.79 Å². The Morgan fingerprint density at radius 1 is 1.04 bits per heavy atom. The first-order valence-corrected chi connectivity index (χ1v) is 8.85. The summed E-state index contributed by atoms with van der Waals surface area (Å²) in [6.07, 6.45) is 0. The Morgan fingerprint density at radius 3 is 2.38 bits per heavy atom. The number of guanidine groups is 1. The molecule has 3 rings (SSSR count). The van der Waals surface area contributed by atoms with Crippen LogP contribution in [0, 0.1) is 0 Å². The van der Waals surface area contributed by atoms with Gasteiger partial charge in [-0.1, -0.05) is 23.7 Å². The van der Waals surface area contributed by atoms with Crippen LogP contribution in [0.15, 0.2) is 53.5 Å². The van der Waals surface area contributed by atoms with Gasteiger partial charge in [0.25, 0.3) is 0 Å². The van der Waals surface area contributed by atoms with Crippen LogP contribution >= 0.6 is 11.6 Å². The second-order valence-corrected chi connectivity index (χ2v) is 6.63. The van der Waals surface area contributed by atoms with Gasteiger partial charge < -0.3 is 21.3 Å². The van der Waals surface area contributed by atoms with Crippen molar-refractivity contribution in [2.24, 2.45) is 16.5 Å². The molecule has 0 atom stereocenters. The van der Waals surface area contributed by atoms with E-state index >= 15 is 0 Å². The molecule has 0 aromatic heterocycles. The van der Waals surface area contributed by atoms with Crippen LogP contribution in [0.5, 0.6) is 0 Å². The van der Waals surface area contributed by atoms with Crippen molar-refractivity contribution in [3.63, 3.8) is 0 Å². The van der Waals surface area contributed by atoms with Crippen LogP contribution in [-0.2, 0) is 6.54 Å². The molecule has 1 amide bonds. The summed E-state index contributed by atoms with van der Waals surface area (Å²) >= 11 is 5.94. The maximum atomic E-state index is 11.2. The maximum absolute atomic E-state index is 11.2. The van der Waals surface area contributed by atoms with Crippen LogP contribution in [0.3, 0.4) is 0 Å². The lowest BCUT2D eigenvalue weighted by molar-refractivity contribution is 0.1000. The molecule has 1 aliphatic heterocycles. The summed E-state index contributed by atoms with van der Waals surface area (Å²) in [7, 11) is 0. The Balaban J connectivity index is 1.57. The normalized spacial score (nSPS) is 15.2. The fourth-order valence-electron chi connectivity index (χ4n) is 2.94. The maximum Gasteiger partial charge on any atom is 0.248 e. The topological polar surface area (TPSA) is 87.9 Å². The summed E-state index contributed by atoms with van der Waals surface area (Å²) in [6, 6.07) is 15.0. The fraction of sp³-hybridized carbons (Fsp3) is 0.263. The Kier molecular flexibility index (Phi) is 5.63. The van der Waals surface area contributed by atoms with Gasteiger partial charge in [0.05, 0.1) is 6.54 Å². The van der Waals surface area contributed by atoms with Crippen LogP contribution in [0.4, 0.5) is 5.69 Å². The van der Waals surface area contributed by atoms with Gasteiger partial charge in [-0.05, 0) is 42.0 Å². The van der Waals surface area contributed by atoms with Crippen molar-refractivity contribution in [1.82, 2.24) is 4.90 Å². The van der Waals surface area contributed by atoms with Gasteiger partial charge in [0.2, 0.25) is 5.91 Å². The van der Waals surface area contributed by atoms with Crippen molar-refractivity contribution in [1.29, 1.82) is 0 Å². The minimum absolute atomic E-state index is 0.421. The molecule has 0 radical (unpaired) electrons. The number of carbonyl (C=O) groups is 1. The number of anilines is 1. The Morgan fingerprint density at radius 2 is 1.73 bits per heavy atom. The van der Waals surface area contributed by atoms with Crippen molar-refractivity contribution < 1.29 is 4.79 Å². The van der Waals surface area contributed by atoms with Gasteiger partial charge in [0.15, 0.2) is 5.96 Å². The molecule has 1 heterocycles. The van der Waals surface area contributed by atoms with Gasteiger partial charge in [0, 0.05) is 42.5 Å². The average Bonchev–Trinajstić information content (AvgIpc) is 2.67. The van der Waals surface area contributed by atoms with E-state index in [1.54, 1.807) is 18.2 Å². The Labute approximate surface area is 158 Å². The molecule has 1 saturated heterocycles. The number of aliphatic imine (C=N–C) groups is 1. The molecular formula is C19H22ClN5O. The molecule has 2 aromatic rings. The first kappa shape index (κ1) is 18.1. The van der Waals surface area contributed by atoms with Gasteiger partial charge in [-0.2, -0.15) is 0 Å². The third kappa shape index (κ3) is 4.46. The molecule has 26 heavy (non-hydrogen) atoms. The third-order valence-corrected chi connectivity index (χ3v) is 4.68. The smallest absolute Gasteiger partial charge is 0.248 e. The number of halogens is 1. The van der Waals surface area contributed by atoms with E-state index in [-0.39, 0.29) is 0 Å². The minimum Gasteiger partial charge on any atom is -0.370 e. The van der Waals surface area contributed by atoms with E-state index in [1.807, 2.05) is 30.3 Å². The van der Waals surface area contributed by atoms with E-state index in [1.165, 1.54) is 0 Å². The van der Waals surface area contributed by atoms with E-state index in [0.29, 0.717) is 18.1 Å². The molecule has 2 aromatic carbocycles. The number of primary amides is 1. The zero-order valence-corrected chi connectivity index (χ0v) is 15.2. The van der Waals surface area contributed by atoms with Crippen molar-refractivity contribution in [2.45, 2.75) is 6.54 Å². The standard InChI is InChI=1S/C19H22ClN5O/c20-16-4-6-17(7-5-16)24-8-10-25(11-9-24)19(22)23-13-14-2-1-3-15(12-14)18(21)26/h1-7,12H,8-11,13H2,(H2,21,26)(H2,22,23). The van der Waals surface area contributed by atoms with Gasteiger partial charge in [-0.3, -0.25) is 4.79 Å². The fourth-order valence-corrected chi connectivity index (χ4v) is 3.07. The number of nitrogens with zero attached hydrogens (tertiary/aromatic N) is 3. The molecule has 0 aliphatic carbocycles. The van der Waals surface area contributed by atoms with Crippen LogP contribution in [-0.4, -0.2) is 42.9 Å². The summed E-state index contributed by atoms with van der Waals surface area (Å²) in [6.45, 7) is 3.77. The highest BCUT2D eigenvalue weighted by atomic mass is 35.5. The molecule has 1 fully saturated rings. The Hall–Kier alpha value is -2.73. The zero-order chi connectivity index (χ0) is 18.5. The number of hydrogen-bond donors (Lipinski definition) is 2. The van der Waals surface area contributed by atoms with Gasteiger partial charge in [-0.15, -0.1) is 0 Å². The van der Waals surface area contributed by atoms with Gasteiger partial charge in [0.1, 0.15) is 0 Å².